The SMILES string of the molecule is CNc1cccc(S(=O)(=O)N(C[C@@H](O)[C@H](Cc2ccccc2)N(C(=O)O)[C@H]2CO[C@H]3OCC[C@H]32)CC(C)(C)CCCN)c1. The lowest BCUT2D eigenvalue weighted by Gasteiger charge is -2.40. The number of nitrogens with zero attached hydrogens (tertiary/aromatic N) is 2. The molecule has 0 unspecified atom stereocenters. The summed E-state index contributed by atoms with van der Waals surface area (Å²) < 4.78 is 41.1. The van der Waals surface area contributed by atoms with Crippen LogP contribution in [-0.2, 0) is 25.9 Å². The summed E-state index contributed by atoms with van der Waals surface area (Å²) in [5.74, 6) is -0.166. The Balaban J connectivity index is 1.71. The first-order valence-corrected chi connectivity index (χ1v) is 16.4. The quantitative estimate of drug-likeness (QED) is 0.236. The molecule has 2 aliphatic rings. The molecule has 238 valence electrons. The molecule has 5 N–H and O–H groups in total. The van der Waals surface area contributed by atoms with Crippen LogP contribution in [-0.4, -0.2) is 98.3 Å². The summed E-state index contributed by atoms with van der Waals surface area (Å²) in [6, 6.07) is 14.4. The molecular weight excluding hydrogens is 572 g/mol. The van der Waals surface area contributed by atoms with Gasteiger partial charge in [-0.1, -0.05) is 50.2 Å². The molecule has 1 amide bonds. The van der Waals surface area contributed by atoms with Gasteiger partial charge in [0, 0.05) is 31.7 Å². The van der Waals surface area contributed by atoms with Crippen molar-refractivity contribution in [1.82, 2.24) is 9.21 Å². The number of sulfonamides is 1. The zero-order chi connectivity index (χ0) is 31.2. The third-order valence-corrected chi connectivity index (χ3v) is 10.3. The molecule has 0 bridgehead atoms. The Morgan fingerprint density at radius 1 is 1.16 bits per heavy atom. The number of fused-ring (bicyclic) bond motifs is 1. The summed E-state index contributed by atoms with van der Waals surface area (Å²) in [5, 5.41) is 25.4. The van der Waals surface area contributed by atoms with E-state index in [1.165, 1.54) is 15.3 Å². The number of amides is 1. The lowest BCUT2D eigenvalue weighted by molar-refractivity contribution is -0.0906. The van der Waals surface area contributed by atoms with E-state index in [4.69, 9.17) is 15.2 Å². The number of carbonyl (C=O) groups is 1. The van der Waals surface area contributed by atoms with Gasteiger partial charge in [-0.15, -0.1) is 0 Å². The zero-order valence-corrected chi connectivity index (χ0v) is 26.1. The molecule has 2 heterocycles. The van der Waals surface area contributed by atoms with E-state index >= 15 is 0 Å². The van der Waals surface area contributed by atoms with Crippen LogP contribution in [0, 0.1) is 11.3 Å². The molecule has 0 saturated carbocycles. The van der Waals surface area contributed by atoms with Gasteiger partial charge < -0.3 is 30.7 Å². The van der Waals surface area contributed by atoms with Gasteiger partial charge in [-0.2, -0.15) is 4.31 Å². The number of rotatable bonds is 15. The predicted molar refractivity (Wildman–Crippen MR) is 164 cm³/mol. The van der Waals surface area contributed by atoms with Crippen LogP contribution >= 0.6 is 0 Å². The van der Waals surface area contributed by atoms with Gasteiger partial charge >= 0.3 is 6.09 Å². The topological polar surface area (TPSA) is 155 Å². The molecule has 2 aliphatic heterocycles. The maximum atomic E-state index is 14.2. The van der Waals surface area contributed by atoms with Crippen LogP contribution < -0.4 is 11.1 Å². The second kappa shape index (κ2) is 14.4. The van der Waals surface area contributed by atoms with Crippen LogP contribution in [0.25, 0.3) is 0 Å². The van der Waals surface area contributed by atoms with Crippen LogP contribution in [0.3, 0.4) is 0 Å². The minimum absolute atomic E-state index is 0.0889. The van der Waals surface area contributed by atoms with Gasteiger partial charge in [-0.05, 0) is 61.4 Å². The van der Waals surface area contributed by atoms with Gasteiger partial charge in [0.05, 0.1) is 36.3 Å². The average molecular weight is 619 g/mol. The Morgan fingerprint density at radius 3 is 2.58 bits per heavy atom. The molecule has 2 fully saturated rings. The third-order valence-electron chi connectivity index (χ3n) is 8.49. The number of nitrogens with two attached hydrogens (primary N) is 1. The van der Waals surface area contributed by atoms with Gasteiger partial charge in [-0.25, -0.2) is 13.2 Å². The van der Waals surface area contributed by atoms with Gasteiger partial charge in [0.15, 0.2) is 6.29 Å². The van der Waals surface area contributed by atoms with Crippen molar-refractivity contribution in [3.63, 3.8) is 0 Å². The summed E-state index contributed by atoms with van der Waals surface area (Å²) in [5.41, 5.74) is 6.78. The minimum atomic E-state index is -4.08. The van der Waals surface area contributed by atoms with E-state index in [9.17, 15) is 23.4 Å². The average Bonchev–Trinajstić information content (AvgIpc) is 3.61. The predicted octanol–water partition coefficient (Wildman–Crippen LogP) is 3.20. The largest absolute Gasteiger partial charge is 0.465 e. The van der Waals surface area contributed by atoms with Crippen molar-refractivity contribution < 1.29 is 32.9 Å². The van der Waals surface area contributed by atoms with Gasteiger partial charge in [0.1, 0.15) is 0 Å². The Morgan fingerprint density at radius 2 is 1.91 bits per heavy atom. The molecule has 2 aromatic carbocycles. The van der Waals surface area contributed by atoms with Crippen LogP contribution in [0.15, 0.2) is 59.5 Å². The van der Waals surface area contributed by atoms with Crippen LogP contribution in [0.2, 0.25) is 0 Å². The van der Waals surface area contributed by atoms with Crippen molar-refractivity contribution in [3.8, 4) is 0 Å². The Bertz CT molecular complexity index is 1310. The first kappa shape index (κ1) is 33.2. The Labute approximate surface area is 255 Å². The molecule has 12 heteroatoms. The van der Waals surface area contributed by atoms with E-state index in [0.29, 0.717) is 38.1 Å². The molecular formula is C31H46N4O7S. The first-order valence-electron chi connectivity index (χ1n) is 14.9. The zero-order valence-electron chi connectivity index (χ0n) is 25.3. The number of carboxylic acid groups (broad SMARTS) is 1. The van der Waals surface area contributed by atoms with E-state index in [0.717, 1.165) is 5.56 Å². The maximum absolute atomic E-state index is 14.2. The molecule has 11 nitrogen and oxygen atoms in total. The Kier molecular flexibility index (Phi) is 11.1. The maximum Gasteiger partial charge on any atom is 0.407 e. The fourth-order valence-corrected chi connectivity index (χ4v) is 7.90. The van der Waals surface area contributed by atoms with Crippen LogP contribution in [0.5, 0.6) is 0 Å². The molecule has 43 heavy (non-hydrogen) atoms. The minimum Gasteiger partial charge on any atom is -0.465 e. The second-order valence-corrected chi connectivity index (χ2v) is 14.2. The van der Waals surface area contributed by atoms with Crippen molar-refractivity contribution in [1.29, 1.82) is 0 Å². The van der Waals surface area contributed by atoms with E-state index in [-0.39, 0.29) is 36.9 Å². The fourth-order valence-electron chi connectivity index (χ4n) is 6.21. The molecule has 4 rings (SSSR count). The second-order valence-electron chi connectivity index (χ2n) is 12.2. The number of aliphatic hydroxyl groups excluding tert-OH is 1. The highest BCUT2D eigenvalue weighted by atomic mass is 32.2. The summed E-state index contributed by atoms with van der Waals surface area (Å²) in [7, 11) is -2.37. The van der Waals surface area contributed by atoms with E-state index in [2.05, 4.69) is 5.32 Å². The molecule has 0 aliphatic carbocycles. The molecule has 0 spiro atoms. The summed E-state index contributed by atoms with van der Waals surface area (Å²) in [4.78, 5) is 14.3. The van der Waals surface area contributed by atoms with Crippen molar-refractivity contribution in [2.75, 3.05) is 45.2 Å². The van der Waals surface area contributed by atoms with Crippen molar-refractivity contribution in [2.24, 2.45) is 17.1 Å². The highest BCUT2D eigenvalue weighted by Gasteiger charge is 2.49. The monoisotopic (exact) mass is 618 g/mol. The van der Waals surface area contributed by atoms with Crippen LogP contribution in [0.4, 0.5) is 10.5 Å². The number of anilines is 1. The van der Waals surface area contributed by atoms with Gasteiger partial charge in [-0.3, -0.25) is 4.90 Å². The van der Waals surface area contributed by atoms with E-state index in [1.54, 1.807) is 25.2 Å². The summed E-state index contributed by atoms with van der Waals surface area (Å²) in [6.07, 6.45) is -0.784. The number of ether oxygens (including phenoxy) is 2. The highest BCUT2D eigenvalue weighted by molar-refractivity contribution is 7.89. The number of hydrogen-bond acceptors (Lipinski definition) is 8. The van der Waals surface area contributed by atoms with E-state index < -0.39 is 46.0 Å². The standard InChI is InChI=1S/C31H46N4O7S/c1-31(2,14-8-15-32)21-34(43(39,40)24-12-7-11-23(18-24)33-3)19-28(36)26(17-22-9-5-4-6-10-22)35(30(37)38)27-20-42-29-25(27)13-16-41-29/h4-7,9-12,18,25-29,33,36H,8,13-17,19-21,32H2,1-3H3,(H,37,38)/t25-,26-,27-,28+,29+/m0/s1. The fraction of sp³-hybridized carbons (Fsp3) is 0.581. The summed E-state index contributed by atoms with van der Waals surface area (Å²) >= 11 is 0. The number of aliphatic hydroxyl groups is 1. The van der Waals surface area contributed by atoms with Crippen molar-refractivity contribution in [3.05, 3.63) is 60.2 Å². The van der Waals surface area contributed by atoms with Crippen molar-refractivity contribution >= 4 is 21.8 Å². The normalized spacial score (nSPS) is 21.9. The molecule has 0 radical (unpaired) electrons. The smallest absolute Gasteiger partial charge is 0.407 e. The van der Waals surface area contributed by atoms with Gasteiger partial charge in [0.2, 0.25) is 10.0 Å². The first-order chi connectivity index (χ1) is 20.5. The number of benzene rings is 2. The number of hydrogen-bond donors (Lipinski definition) is 4. The molecule has 5 atom stereocenters. The van der Waals surface area contributed by atoms with Gasteiger partial charge in [0.25, 0.3) is 0 Å². The number of nitrogens with one attached hydrogen (secondary N) is 1. The van der Waals surface area contributed by atoms with Crippen molar-refractivity contribution in [2.45, 2.75) is 68.9 Å². The molecule has 2 saturated heterocycles. The van der Waals surface area contributed by atoms with E-state index in [1.807, 2.05) is 44.2 Å². The third kappa shape index (κ3) is 8.05. The summed E-state index contributed by atoms with van der Waals surface area (Å²) in [6.45, 7) is 4.87. The molecule has 0 aromatic heterocycles. The lowest BCUT2D eigenvalue weighted by atomic mass is 9.87. The molecule has 2 aromatic rings. The highest BCUT2D eigenvalue weighted by Crippen LogP contribution is 2.36. The van der Waals surface area contributed by atoms with Crippen LogP contribution in [0.1, 0.15) is 38.7 Å². The Hall–Kier alpha value is -2.74. The lowest BCUT2D eigenvalue weighted by Crippen LogP contribution is -2.58.